The first kappa shape index (κ1) is 55.8. The summed E-state index contributed by atoms with van der Waals surface area (Å²) in [6.45, 7) is 0. The fraction of sp³-hybridized carbons (Fsp3) is 0.122. The second-order valence-corrected chi connectivity index (χ2v) is 17.6. The minimum atomic E-state index is -6.12. The van der Waals surface area contributed by atoms with Crippen LogP contribution >= 0.6 is 0 Å². The van der Waals surface area contributed by atoms with Gasteiger partial charge in [0.25, 0.3) is 0 Å². The summed E-state index contributed by atoms with van der Waals surface area (Å²) in [5.74, 6) is -56.8. The molecule has 30 nitrogen and oxygen atoms in total. The van der Waals surface area contributed by atoms with Crippen LogP contribution in [0.2, 0.25) is 0 Å². The minimum Gasteiger partial charge on any atom is -0.504 e. The molecule has 0 spiro atoms. The summed E-state index contributed by atoms with van der Waals surface area (Å²) in [6, 6.07) is -1.36. The average Bonchev–Trinajstić information content (AvgIpc) is 3.53. The van der Waals surface area contributed by atoms with Crippen LogP contribution in [0.25, 0.3) is 0 Å². The highest BCUT2D eigenvalue weighted by Gasteiger charge is 2.95. The monoisotopic (exact) mass is 1100 g/mol. The lowest BCUT2D eigenvalue weighted by Gasteiger charge is -2.66. The van der Waals surface area contributed by atoms with E-state index in [1.807, 2.05) is 0 Å². The maximum atomic E-state index is 16.3. The standard InChI is InChI=1S/C49H36O30/c50-19-1-13(2-20(51)32(19)63)31(62)38-46(76,41(71)16-7-25(56)35(66)26(57)8-16)49(79,43(73)18-11-29(60)37(68)30(61)12-18)48(78,42(72)17-9-27(58)36(67)28(59)10-17)45(47(38,77)44(74)75,39(69)14-3-21(52)33(64)22(53)4-14)40(70)15-5-23(54)34(65)24(55)6-15/h1-12,38,50-61,63-68,76-79H,(H,74,75)/t38?,46-,47?,48+,49?/m0/s1. The van der Waals surface area contributed by atoms with Gasteiger partial charge in [-0.15, -0.1) is 0 Å². The molecule has 0 bridgehead atoms. The molecule has 3 unspecified atom stereocenters. The van der Waals surface area contributed by atoms with Crippen molar-refractivity contribution < 1.29 is 151 Å². The highest BCUT2D eigenvalue weighted by molar-refractivity contribution is 6.33. The zero-order valence-corrected chi connectivity index (χ0v) is 38.6. The largest absolute Gasteiger partial charge is 0.504 e. The average molecular weight is 1100 g/mol. The number of aliphatic hydroxyl groups is 4. The van der Waals surface area contributed by atoms with E-state index in [9.17, 15) is 122 Å². The van der Waals surface area contributed by atoms with Gasteiger partial charge < -0.3 is 117 Å². The number of benzene rings is 6. The van der Waals surface area contributed by atoms with Crippen LogP contribution in [-0.2, 0) is 4.79 Å². The van der Waals surface area contributed by atoms with Gasteiger partial charge in [-0.25, -0.2) is 4.79 Å². The Morgan fingerprint density at radius 2 is 0.481 bits per heavy atom. The van der Waals surface area contributed by atoms with E-state index in [0.29, 0.717) is 0 Å². The van der Waals surface area contributed by atoms with Crippen LogP contribution in [0.15, 0.2) is 72.8 Å². The number of ketones is 6. The van der Waals surface area contributed by atoms with Crippen LogP contribution in [0, 0.1) is 11.3 Å². The van der Waals surface area contributed by atoms with Crippen LogP contribution in [0.3, 0.4) is 0 Å². The molecule has 7 rings (SSSR count). The van der Waals surface area contributed by atoms with Crippen LogP contribution in [0.4, 0.5) is 0 Å². The number of carboxylic acids is 1. The molecule has 1 aliphatic rings. The molecule has 0 aromatic heterocycles. The van der Waals surface area contributed by atoms with E-state index < -0.39 is 211 Å². The maximum Gasteiger partial charge on any atom is 0.338 e. The van der Waals surface area contributed by atoms with Crippen molar-refractivity contribution in [3.63, 3.8) is 0 Å². The predicted octanol–water partition coefficient (Wildman–Crippen LogP) is -0.390. The first-order valence-corrected chi connectivity index (χ1v) is 21.4. The molecule has 6 aromatic carbocycles. The maximum absolute atomic E-state index is 16.3. The second kappa shape index (κ2) is 18.1. The third-order valence-corrected chi connectivity index (χ3v) is 13.3. The molecule has 0 saturated heterocycles. The van der Waals surface area contributed by atoms with Crippen molar-refractivity contribution in [1.29, 1.82) is 0 Å². The Bertz CT molecular complexity index is 3540. The van der Waals surface area contributed by atoms with Crippen molar-refractivity contribution in [1.82, 2.24) is 0 Å². The number of carbonyl (C=O) groups is 7. The minimum absolute atomic E-state index is 0.0505. The Labute approximate surface area is 434 Å². The smallest absolute Gasteiger partial charge is 0.338 e. The summed E-state index contributed by atoms with van der Waals surface area (Å²) in [5, 5.41) is 258. The lowest BCUT2D eigenvalue weighted by atomic mass is 9.35. The number of carboxylic acid groups (broad SMARTS) is 1. The molecule has 6 aromatic rings. The number of aromatic hydroxyl groups is 18. The van der Waals surface area contributed by atoms with Crippen molar-refractivity contribution >= 4 is 40.7 Å². The number of aliphatic carboxylic acids is 1. The van der Waals surface area contributed by atoms with Gasteiger partial charge in [-0.05, 0) is 72.8 Å². The molecule has 0 aliphatic heterocycles. The number of Topliss-reactive ketones (excluding diaryl/α,β-unsaturated/α-hetero) is 6. The fourth-order valence-electron chi connectivity index (χ4n) is 9.62. The highest BCUT2D eigenvalue weighted by Crippen LogP contribution is 2.67. The quantitative estimate of drug-likeness (QED) is 0.0398. The number of rotatable bonds is 13. The fourth-order valence-corrected chi connectivity index (χ4v) is 9.62. The molecule has 1 aliphatic carbocycles. The van der Waals surface area contributed by atoms with E-state index in [-0.39, 0.29) is 72.8 Å². The van der Waals surface area contributed by atoms with Crippen molar-refractivity contribution in [3.05, 3.63) is 106 Å². The lowest BCUT2D eigenvalue weighted by molar-refractivity contribution is -0.294. The summed E-state index contributed by atoms with van der Waals surface area (Å²) < 4.78 is 0. The molecule has 23 N–H and O–H groups in total. The number of hydrogen-bond acceptors (Lipinski definition) is 29. The zero-order chi connectivity index (χ0) is 59.5. The van der Waals surface area contributed by atoms with Gasteiger partial charge in [0, 0.05) is 33.4 Å². The van der Waals surface area contributed by atoms with E-state index in [2.05, 4.69) is 0 Å². The van der Waals surface area contributed by atoms with Gasteiger partial charge in [0.1, 0.15) is 5.92 Å². The zero-order valence-electron chi connectivity index (χ0n) is 38.6. The van der Waals surface area contributed by atoms with E-state index in [0.717, 1.165) is 0 Å². The van der Waals surface area contributed by atoms with Gasteiger partial charge in [0.05, 0.1) is 0 Å². The Morgan fingerprint density at radius 1 is 0.278 bits per heavy atom. The van der Waals surface area contributed by atoms with Crippen molar-refractivity contribution in [2.45, 2.75) is 22.4 Å². The van der Waals surface area contributed by atoms with Gasteiger partial charge in [-0.3, -0.25) is 28.8 Å². The van der Waals surface area contributed by atoms with Crippen molar-refractivity contribution in [3.8, 4) is 103 Å². The molecule has 412 valence electrons. The first-order valence-electron chi connectivity index (χ1n) is 21.4. The third kappa shape index (κ3) is 7.31. The summed E-state index contributed by atoms with van der Waals surface area (Å²) in [7, 11) is 0. The lowest BCUT2D eigenvalue weighted by Crippen LogP contribution is -2.95. The molecule has 79 heavy (non-hydrogen) atoms. The Morgan fingerprint density at radius 3 is 0.722 bits per heavy atom. The Balaban J connectivity index is 1.95. The van der Waals surface area contributed by atoms with Crippen LogP contribution < -0.4 is 0 Å². The number of phenolic OH excluding ortho intramolecular Hbond substituents is 18. The second-order valence-electron chi connectivity index (χ2n) is 17.6. The van der Waals surface area contributed by atoms with Crippen LogP contribution in [0.5, 0.6) is 103 Å². The number of carbonyl (C=O) groups excluding carboxylic acids is 6. The summed E-state index contributed by atoms with van der Waals surface area (Å²) in [6.07, 6.45) is 0. The third-order valence-electron chi connectivity index (χ3n) is 13.3. The topological polar surface area (TPSA) is 585 Å². The Kier molecular flexibility index (Phi) is 12.8. The van der Waals surface area contributed by atoms with E-state index in [4.69, 9.17) is 0 Å². The van der Waals surface area contributed by atoms with Crippen molar-refractivity contribution in [2.24, 2.45) is 11.3 Å². The van der Waals surface area contributed by atoms with Gasteiger partial charge in [0.15, 0.2) is 155 Å². The molecule has 5 atom stereocenters. The predicted molar refractivity (Wildman–Crippen MR) is 248 cm³/mol. The normalized spacial score (nSPS) is 21.4. The molecule has 1 fully saturated rings. The van der Waals surface area contributed by atoms with Gasteiger partial charge in [-0.1, -0.05) is 0 Å². The summed E-state index contributed by atoms with van der Waals surface area (Å²) in [5.41, 5.74) is -40.7. The van der Waals surface area contributed by atoms with Gasteiger partial charge in [-0.2, -0.15) is 0 Å². The van der Waals surface area contributed by atoms with Crippen LogP contribution in [-0.4, -0.2) is 181 Å². The Hall–Kier alpha value is -11.0. The molecule has 30 heteroatoms. The number of hydrogen-bond donors (Lipinski definition) is 23. The van der Waals surface area contributed by atoms with E-state index in [1.54, 1.807) is 0 Å². The molecular formula is C49H36O30. The van der Waals surface area contributed by atoms with Gasteiger partial charge >= 0.3 is 5.97 Å². The molecule has 0 heterocycles. The van der Waals surface area contributed by atoms with Gasteiger partial charge in [0.2, 0.25) is 11.4 Å². The SMILES string of the molecule is O=C(c1cc(O)c(O)c(O)c1)C1C(O)(C(=O)O)C(C(=O)c2cc(O)c(O)c(O)c2)(C(=O)c2cc(O)c(O)c(O)c2)[C@](O)(C(=O)c2cc(O)c(O)c(O)c2)C(O)(C(=O)c2cc(O)c(O)c(O)c2)[C@@]1(O)C(=O)c1cc(O)c(O)c(O)c1. The number of phenols is 18. The molecule has 0 radical (unpaired) electrons. The van der Waals surface area contributed by atoms with Crippen LogP contribution in [0.1, 0.15) is 62.1 Å². The van der Waals surface area contributed by atoms with Crippen molar-refractivity contribution in [2.75, 3.05) is 0 Å². The highest BCUT2D eigenvalue weighted by atomic mass is 16.4. The molecule has 0 amide bonds. The first-order chi connectivity index (χ1) is 36.5. The molecule has 1 saturated carbocycles. The summed E-state index contributed by atoms with van der Waals surface area (Å²) in [4.78, 5) is 111. The molecular weight excluding hydrogens is 1070 g/mol. The van der Waals surface area contributed by atoms with E-state index >= 15 is 28.8 Å². The summed E-state index contributed by atoms with van der Waals surface area (Å²) >= 11 is 0. The van der Waals surface area contributed by atoms with E-state index in [1.165, 1.54) is 0 Å².